The lowest BCUT2D eigenvalue weighted by Crippen LogP contribution is -2.40. The van der Waals surface area contributed by atoms with Crippen molar-refractivity contribution in [3.63, 3.8) is 0 Å². The number of likely N-dealkylation sites (tertiary alicyclic amines) is 1. The Morgan fingerprint density at radius 3 is 3.14 bits per heavy atom. The number of hydrogen-bond donors (Lipinski definition) is 0. The summed E-state index contributed by atoms with van der Waals surface area (Å²) in [5, 5.41) is 8.95. The number of ether oxygens (including phenoxy) is 1. The zero-order valence-corrected chi connectivity index (χ0v) is 11.9. The van der Waals surface area contributed by atoms with Gasteiger partial charge in [-0.1, -0.05) is 12.1 Å². The van der Waals surface area contributed by atoms with E-state index in [1.165, 1.54) is 0 Å². The molecule has 1 saturated carbocycles. The highest BCUT2D eigenvalue weighted by Crippen LogP contribution is 2.40. The molecule has 4 nitrogen and oxygen atoms in total. The van der Waals surface area contributed by atoms with Gasteiger partial charge in [-0.05, 0) is 31.0 Å². The van der Waals surface area contributed by atoms with Crippen LogP contribution in [-0.4, -0.2) is 36.1 Å². The molecule has 1 amide bonds. The first-order valence-electron chi connectivity index (χ1n) is 7.28. The van der Waals surface area contributed by atoms with E-state index < -0.39 is 0 Å². The first-order valence-corrected chi connectivity index (χ1v) is 7.28. The maximum atomic E-state index is 12.7. The number of hydrogen-bond acceptors (Lipinski definition) is 3. The highest BCUT2D eigenvalue weighted by molar-refractivity contribution is 5.95. The number of amides is 1. The lowest BCUT2D eigenvalue weighted by molar-refractivity contribution is 0.0409. The number of nitrogens with zero attached hydrogens (tertiary/aromatic N) is 2. The topological polar surface area (TPSA) is 53.3 Å². The second-order valence-corrected chi connectivity index (χ2v) is 5.64. The van der Waals surface area contributed by atoms with Gasteiger partial charge in [0.25, 0.3) is 5.91 Å². The van der Waals surface area contributed by atoms with Crippen LogP contribution in [0.4, 0.5) is 0 Å². The number of rotatable bonds is 4. The molecule has 1 aromatic carbocycles. The van der Waals surface area contributed by atoms with Crippen molar-refractivity contribution < 1.29 is 9.53 Å². The fourth-order valence-electron chi connectivity index (χ4n) is 3.49. The summed E-state index contributed by atoms with van der Waals surface area (Å²) in [4.78, 5) is 14.6. The normalized spacial score (nSPS) is 26.6. The van der Waals surface area contributed by atoms with E-state index in [0.717, 1.165) is 19.4 Å². The summed E-state index contributed by atoms with van der Waals surface area (Å²) in [7, 11) is 0. The molecule has 3 atom stereocenters. The van der Waals surface area contributed by atoms with Gasteiger partial charge < -0.3 is 9.64 Å². The molecule has 1 heterocycles. The van der Waals surface area contributed by atoms with E-state index in [4.69, 9.17) is 10.00 Å². The molecule has 1 aliphatic heterocycles. The molecule has 1 saturated heterocycles. The Hall–Kier alpha value is -2.12. The van der Waals surface area contributed by atoms with Gasteiger partial charge in [-0.25, -0.2) is 0 Å². The zero-order valence-electron chi connectivity index (χ0n) is 11.9. The highest BCUT2D eigenvalue weighted by Gasteiger charge is 2.49. The van der Waals surface area contributed by atoms with Crippen LogP contribution in [0.1, 0.15) is 28.8 Å². The molecule has 0 radical (unpaired) electrons. The van der Waals surface area contributed by atoms with E-state index in [1.807, 2.05) is 4.90 Å². The molecule has 3 unspecified atom stereocenters. The standard InChI is InChI=1S/C17H18N2O2/c1-2-8-21-16-14-6-7-15(16)19(11-14)17(20)13-5-3-4-12(9-13)10-18/h2-5,9,14-16H,1,6-8,11H2. The van der Waals surface area contributed by atoms with Gasteiger partial charge >= 0.3 is 0 Å². The SMILES string of the molecule is C=CCOC1C2CCC1N(C(=O)c1cccc(C#N)c1)C2. The summed E-state index contributed by atoms with van der Waals surface area (Å²) >= 11 is 0. The smallest absolute Gasteiger partial charge is 0.254 e. The van der Waals surface area contributed by atoms with Gasteiger partial charge in [-0.15, -0.1) is 6.58 Å². The monoisotopic (exact) mass is 282 g/mol. The number of nitriles is 1. The lowest BCUT2D eigenvalue weighted by Gasteiger charge is -2.27. The largest absolute Gasteiger partial charge is 0.372 e. The van der Waals surface area contributed by atoms with Crippen molar-refractivity contribution in [3.05, 3.63) is 48.0 Å². The average Bonchev–Trinajstić information content (AvgIpc) is 3.09. The summed E-state index contributed by atoms with van der Waals surface area (Å²) < 4.78 is 5.84. The van der Waals surface area contributed by atoms with Gasteiger partial charge in [0.05, 0.1) is 30.4 Å². The summed E-state index contributed by atoms with van der Waals surface area (Å²) in [6.45, 7) is 4.96. The number of benzene rings is 1. The first kappa shape index (κ1) is 13.8. The highest BCUT2D eigenvalue weighted by atomic mass is 16.5. The second-order valence-electron chi connectivity index (χ2n) is 5.64. The van der Waals surface area contributed by atoms with Crippen molar-refractivity contribution in [1.29, 1.82) is 5.26 Å². The van der Waals surface area contributed by atoms with Crippen LogP contribution in [0.3, 0.4) is 0 Å². The molecular formula is C17H18N2O2. The molecule has 3 rings (SSSR count). The van der Waals surface area contributed by atoms with Gasteiger partial charge in [0.2, 0.25) is 0 Å². The number of piperidine rings is 1. The van der Waals surface area contributed by atoms with Gasteiger partial charge in [-0.2, -0.15) is 5.26 Å². The molecular weight excluding hydrogens is 264 g/mol. The molecule has 108 valence electrons. The molecule has 0 spiro atoms. The maximum Gasteiger partial charge on any atom is 0.254 e. The van der Waals surface area contributed by atoms with Crippen LogP contribution in [0.2, 0.25) is 0 Å². The number of carbonyl (C=O) groups excluding carboxylic acids is 1. The van der Waals surface area contributed by atoms with Gasteiger partial charge in [0.1, 0.15) is 0 Å². The Morgan fingerprint density at radius 2 is 2.38 bits per heavy atom. The third-order valence-corrected chi connectivity index (χ3v) is 4.41. The minimum absolute atomic E-state index is 0.00602. The Morgan fingerprint density at radius 1 is 1.52 bits per heavy atom. The molecule has 21 heavy (non-hydrogen) atoms. The molecule has 4 heteroatoms. The third kappa shape index (κ3) is 2.45. The Balaban J connectivity index is 1.77. The van der Waals surface area contributed by atoms with E-state index in [9.17, 15) is 4.79 Å². The average molecular weight is 282 g/mol. The lowest BCUT2D eigenvalue weighted by atomic mass is 10.1. The molecule has 2 bridgehead atoms. The fourth-order valence-corrected chi connectivity index (χ4v) is 3.49. The van der Waals surface area contributed by atoms with Crippen LogP contribution in [0.15, 0.2) is 36.9 Å². The Bertz CT molecular complexity index is 605. The van der Waals surface area contributed by atoms with Crippen molar-refractivity contribution in [2.75, 3.05) is 13.2 Å². The zero-order chi connectivity index (χ0) is 14.8. The molecule has 1 aromatic rings. The van der Waals surface area contributed by atoms with E-state index in [-0.39, 0.29) is 18.1 Å². The van der Waals surface area contributed by atoms with Crippen molar-refractivity contribution in [2.45, 2.75) is 25.0 Å². The van der Waals surface area contributed by atoms with Crippen LogP contribution in [0, 0.1) is 17.2 Å². The minimum atomic E-state index is 0.00602. The molecule has 2 fully saturated rings. The Kier molecular flexibility index (Phi) is 3.76. The van der Waals surface area contributed by atoms with Crippen molar-refractivity contribution >= 4 is 5.91 Å². The van der Waals surface area contributed by atoms with Crippen molar-refractivity contribution in [1.82, 2.24) is 4.90 Å². The molecule has 2 aliphatic rings. The van der Waals surface area contributed by atoms with E-state index in [1.54, 1.807) is 30.3 Å². The summed E-state index contributed by atoms with van der Waals surface area (Å²) in [6.07, 6.45) is 4.00. The quantitative estimate of drug-likeness (QED) is 0.797. The van der Waals surface area contributed by atoms with Crippen molar-refractivity contribution in [2.24, 2.45) is 5.92 Å². The molecule has 0 N–H and O–H groups in total. The number of fused-ring (bicyclic) bond motifs is 2. The Labute approximate surface area is 124 Å². The van der Waals surface area contributed by atoms with E-state index in [0.29, 0.717) is 23.7 Å². The van der Waals surface area contributed by atoms with Gasteiger partial charge in [0.15, 0.2) is 0 Å². The second kappa shape index (κ2) is 5.71. The summed E-state index contributed by atoms with van der Waals surface area (Å²) in [5.41, 5.74) is 1.11. The van der Waals surface area contributed by atoms with Gasteiger partial charge in [0, 0.05) is 18.0 Å². The third-order valence-electron chi connectivity index (χ3n) is 4.41. The van der Waals surface area contributed by atoms with Crippen LogP contribution in [0.25, 0.3) is 0 Å². The predicted octanol–water partition coefficient (Wildman–Crippen LogP) is 2.36. The van der Waals surface area contributed by atoms with Crippen LogP contribution >= 0.6 is 0 Å². The first-order chi connectivity index (χ1) is 10.2. The van der Waals surface area contributed by atoms with Crippen LogP contribution in [0.5, 0.6) is 0 Å². The molecule has 0 aromatic heterocycles. The number of carbonyl (C=O) groups is 1. The molecule has 1 aliphatic carbocycles. The van der Waals surface area contributed by atoms with Crippen LogP contribution < -0.4 is 0 Å². The summed E-state index contributed by atoms with van der Waals surface area (Å²) in [5.74, 6) is 0.435. The summed E-state index contributed by atoms with van der Waals surface area (Å²) in [6, 6.07) is 9.14. The van der Waals surface area contributed by atoms with Crippen LogP contribution in [-0.2, 0) is 4.74 Å². The minimum Gasteiger partial charge on any atom is -0.372 e. The maximum absolute atomic E-state index is 12.7. The van der Waals surface area contributed by atoms with E-state index in [2.05, 4.69) is 12.6 Å². The van der Waals surface area contributed by atoms with Crippen molar-refractivity contribution in [3.8, 4) is 6.07 Å². The fraction of sp³-hybridized carbons (Fsp3) is 0.412. The predicted molar refractivity (Wildman–Crippen MR) is 78.6 cm³/mol. The van der Waals surface area contributed by atoms with Gasteiger partial charge in [-0.3, -0.25) is 4.79 Å². The van der Waals surface area contributed by atoms with E-state index >= 15 is 0 Å².